The first kappa shape index (κ1) is 10.1. The Kier molecular flexibility index (Phi) is 2.58. The molecule has 1 aromatic carbocycles. The van der Waals surface area contributed by atoms with E-state index >= 15 is 0 Å². The minimum Gasteiger partial charge on any atom is -0.497 e. The molecule has 0 aromatic heterocycles. The van der Waals surface area contributed by atoms with E-state index in [2.05, 4.69) is 12.1 Å². The van der Waals surface area contributed by atoms with Crippen molar-refractivity contribution in [1.82, 2.24) is 0 Å². The average molecular weight is 220 g/mol. The van der Waals surface area contributed by atoms with Crippen molar-refractivity contribution in [1.29, 1.82) is 0 Å². The summed E-state index contributed by atoms with van der Waals surface area (Å²) < 4.78 is 16.7. The molecule has 2 aliphatic rings. The van der Waals surface area contributed by atoms with E-state index in [0.717, 1.165) is 25.2 Å². The molecule has 16 heavy (non-hydrogen) atoms. The molecule has 1 aromatic rings. The Balaban J connectivity index is 1.76. The lowest BCUT2D eigenvalue weighted by Crippen LogP contribution is -2.24. The van der Waals surface area contributed by atoms with Gasteiger partial charge in [-0.05, 0) is 17.7 Å². The van der Waals surface area contributed by atoms with Crippen LogP contribution < -0.4 is 4.74 Å². The third-order valence-corrected chi connectivity index (χ3v) is 3.36. The molecule has 0 N–H and O–H groups in total. The van der Waals surface area contributed by atoms with Gasteiger partial charge in [0, 0.05) is 12.8 Å². The van der Waals surface area contributed by atoms with Crippen molar-refractivity contribution in [3.63, 3.8) is 0 Å². The van der Waals surface area contributed by atoms with Crippen LogP contribution in [0.5, 0.6) is 5.75 Å². The summed E-state index contributed by atoms with van der Waals surface area (Å²) in [6.07, 6.45) is 2.92. The van der Waals surface area contributed by atoms with Crippen LogP contribution in [-0.4, -0.2) is 25.9 Å². The van der Waals surface area contributed by atoms with Gasteiger partial charge < -0.3 is 14.2 Å². The summed E-state index contributed by atoms with van der Waals surface area (Å²) in [4.78, 5) is 0. The van der Waals surface area contributed by atoms with E-state index in [1.165, 1.54) is 5.56 Å². The van der Waals surface area contributed by atoms with Crippen LogP contribution in [0.3, 0.4) is 0 Å². The fourth-order valence-corrected chi connectivity index (χ4v) is 2.49. The van der Waals surface area contributed by atoms with E-state index in [1.807, 2.05) is 12.1 Å². The van der Waals surface area contributed by atoms with Gasteiger partial charge in [0.25, 0.3) is 0 Å². The van der Waals surface area contributed by atoms with Crippen molar-refractivity contribution in [2.75, 3.05) is 13.7 Å². The lowest BCUT2D eigenvalue weighted by Gasteiger charge is -2.27. The number of benzene rings is 1. The molecule has 3 nitrogen and oxygen atoms in total. The maximum atomic E-state index is 5.97. The predicted molar refractivity (Wildman–Crippen MR) is 59.6 cm³/mol. The zero-order valence-corrected chi connectivity index (χ0v) is 9.39. The molecule has 2 aliphatic heterocycles. The minimum atomic E-state index is 0.192. The Morgan fingerprint density at radius 1 is 1.12 bits per heavy atom. The third kappa shape index (κ3) is 1.81. The molecule has 2 saturated heterocycles. The molecule has 0 aliphatic carbocycles. The van der Waals surface area contributed by atoms with Gasteiger partial charge in [0.1, 0.15) is 5.75 Å². The van der Waals surface area contributed by atoms with Crippen molar-refractivity contribution in [3.8, 4) is 5.75 Å². The summed E-state index contributed by atoms with van der Waals surface area (Å²) in [5.41, 5.74) is 1.22. The predicted octanol–water partition coefficient (Wildman–Crippen LogP) is 2.31. The molecular formula is C13H16O3. The van der Waals surface area contributed by atoms with E-state index in [1.54, 1.807) is 7.11 Å². The van der Waals surface area contributed by atoms with Crippen molar-refractivity contribution in [2.24, 2.45) is 0 Å². The Morgan fingerprint density at radius 2 is 1.94 bits per heavy atom. The molecule has 2 bridgehead atoms. The molecule has 0 unspecified atom stereocenters. The van der Waals surface area contributed by atoms with Crippen LogP contribution in [0, 0.1) is 0 Å². The van der Waals surface area contributed by atoms with Gasteiger partial charge in [-0.2, -0.15) is 0 Å². The first-order chi connectivity index (χ1) is 7.85. The maximum Gasteiger partial charge on any atom is 0.118 e. The number of hydrogen-bond acceptors (Lipinski definition) is 3. The van der Waals surface area contributed by atoms with Crippen LogP contribution in [0.25, 0.3) is 0 Å². The SMILES string of the molecule is COc1ccc([C@@H]2C[C@@H]3C[C@@H](CO3)O2)cc1. The maximum absolute atomic E-state index is 5.97. The van der Waals surface area contributed by atoms with E-state index < -0.39 is 0 Å². The normalized spacial score (nSPS) is 32.7. The van der Waals surface area contributed by atoms with Crippen molar-refractivity contribution in [3.05, 3.63) is 29.8 Å². The molecule has 2 fully saturated rings. The van der Waals surface area contributed by atoms with Crippen molar-refractivity contribution >= 4 is 0 Å². The van der Waals surface area contributed by atoms with Crippen molar-refractivity contribution in [2.45, 2.75) is 31.2 Å². The summed E-state index contributed by atoms with van der Waals surface area (Å²) in [6.45, 7) is 0.761. The van der Waals surface area contributed by atoms with Crippen LogP contribution in [-0.2, 0) is 9.47 Å². The molecule has 3 heteroatoms. The molecule has 2 heterocycles. The molecular weight excluding hydrogens is 204 g/mol. The zero-order chi connectivity index (χ0) is 11.0. The molecule has 0 radical (unpaired) electrons. The van der Waals surface area contributed by atoms with E-state index in [4.69, 9.17) is 14.2 Å². The Labute approximate surface area is 95.3 Å². The van der Waals surface area contributed by atoms with Crippen LogP contribution in [0.2, 0.25) is 0 Å². The van der Waals surface area contributed by atoms with Crippen LogP contribution in [0.15, 0.2) is 24.3 Å². The average Bonchev–Trinajstić information content (AvgIpc) is 2.68. The molecule has 0 amide bonds. The second kappa shape index (κ2) is 4.07. The van der Waals surface area contributed by atoms with Gasteiger partial charge >= 0.3 is 0 Å². The molecule has 3 rings (SSSR count). The summed E-state index contributed by atoms with van der Waals surface area (Å²) in [7, 11) is 1.68. The molecule has 86 valence electrons. The summed E-state index contributed by atoms with van der Waals surface area (Å²) in [5, 5.41) is 0. The Hall–Kier alpha value is -1.06. The van der Waals surface area contributed by atoms with Crippen LogP contribution in [0.1, 0.15) is 24.5 Å². The third-order valence-electron chi connectivity index (χ3n) is 3.36. The number of methoxy groups -OCH3 is 1. The number of ether oxygens (including phenoxy) is 3. The highest BCUT2D eigenvalue weighted by atomic mass is 16.6. The summed E-state index contributed by atoms with van der Waals surface area (Å²) in [5.74, 6) is 0.888. The van der Waals surface area contributed by atoms with Gasteiger partial charge in [0.15, 0.2) is 0 Å². The van der Waals surface area contributed by atoms with Gasteiger partial charge in [0.2, 0.25) is 0 Å². The number of rotatable bonds is 2. The topological polar surface area (TPSA) is 27.7 Å². The zero-order valence-electron chi connectivity index (χ0n) is 9.39. The Morgan fingerprint density at radius 3 is 2.62 bits per heavy atom. The van der Waals surface area contributed by atoms with Crippen LogP contribution >= 0.6 is 0 Å². The highest BCUT2D eigenvalue weighted by Gasteiger charge is 2.36. The first-order valence-electron chi connectivity index (χ1n) is 5.76. The molecule has 0 spiro atoms. The molecule has 3 atom stereocenters. The monoisotopic (exact) mass is 220 g/mol. The summed E-state index contributed by atoms with van der Waals surface area (Å²) >= 11 is 0. The first-order valence-corrected chi connectivity index (χ1v) is 5.76. The van der Waals surface area contributed by atoms with Gasteiger partial charge in [0.05, 0.1) is 32.0 Å². The smallest absolute Gasteiger partial charge is 0.118 e. The highest BCUT2D eigenvalue weighted by molar-refractivity contribution is 5.28. The quantitative estimate of drug-likeness (QED) is 0.765. The highest BCUT2D eigenvalue weighted by Crippen LogP contribution is 2.37. The second-order valence-electron chi connectivity index (χ2n) is 4.45. The Bertz CT molecular complexity index is 348. The standard InChI is InChI=1S/C13H16O3/c1-14-10-4-2-9(3-5-10)13-7-11-6-12(16-13)8-15-11/h2-5,11-13H,6-8H2,1H3/t11-,12-,13-/m0/s1. The summed E-state index contributed by atoms with van der Waals surface area (Å²) in [6, 6.07) is 8.12. The number of hydrogen-bond donors (Lipinski definition) is 0. The lowest BCUT2D eigenvalue weighted by molar-refractivity contribution is -0.0314. The van der Waals surface area contributed by atoms with Gasteiger partial charge in [-0.25, -0.2) is 0 Å². The fourth-order valence-electron chi connectivity index (χ4n) is 2.49. The van der Waals surface area contributed by atoms with Crippen LogP contribution in [0.4, 0.5) is 0 Å². The van der Waals surface area contributed by atoms with Gasteiger partial charge in [-0.3, -0.25) is 0 Å². The van der Waals surface area contributed by atoms with Gasteiger partial charge in [-0.15, -0.1) is 0 Å². The fraction of sp³-hybridized carbons (Fsp3) is 0.538. The lowest BCUT2D eigenvalue weighted by atomic mass is 9.98. The van der Waals surface area contributed by atoms with Crippen molar-refractivity contribution < 1.29 is 14.2 Å². The minimum absolute atomic E-state index is 0.192. The van der Waals surface area contributed by atoms with E-state index in [9.17, 15) is 0 Å². The largest absolute Gasteiger partial charge is 0.497 e. The number of fused-ring (bicyclic) bond motifs is 2. The van der Waals surface area contributed by atoms with E-state index in [0.29, 0.717) is 12.2 Å². The van der Waals surface area contributed by atoms with Gasteiger partial charge in [-0.1, -0.05) is 12.1 Å². The molecule has 0 saturated carbocycles. The van der Waals surface area contributed by atoms with E-state index in [-0.39, 0.29) is 6.10 Å². The second-order valence-corrected chi connectivity index (χ2v) is 4.45.